The summed E-state index contributed by atoms with van der Waals surface area (Å²) in [6.07, 6.45) is 0. The van der Waals surface area contributed by atoms with E-state index in [0.29, 0.717) is 6.67 Å². The zero-order chi connectivity index (χ0) is 14.7. The minimum absolute atomic E-state index is 0.0473. The van der Waals surface area contributed by atoms with Crippen molar-refractivity contribution in [3.05, 3.63) is 29.3 Å². The molecule has 0 unspecified atom stereocenters. The Labute approximate surface area is 117 Å². The first-order valence-electron chi connectivity index (χ1n) is 6.82. The molecule has 3 heteroatoms. The van der Waals surface area contributed by atoms with Crippen LogP contribution in [0.2, 0.25) is 0 Å². The molecule has 19 heavy (non-hydrogen) atoms. The van der Waals surface area contributed by atoms with E-state index in [9.17, 15) is 0 Å². The van der Waals surface area contributed by atoms with Crippen molar-refractivity contribution in [2.75, 3.05) is 20.3 Å². The minimum Gasteiger partial charge on any atom is -0.496 e. The fourth-order valence-corrected chi connectivity index (χ4v) is 2.20. The molecule has 3 nitrogen and oxygen atoms in total. The van der Waals surface area contributed by atoms with Crippen LogP contribution >= 0.6 is 0 Å². The van der Waals surface area contributed by atoms with Crippen LogP contribution in [0.3, 0.4) is 0 Å². The van der Waals surface area contributed by atoms with Gasteiger partial charge in [-0.3, -0.25) is 0 Å². The first-order chi connectivity index (χ1) is 8.72. The molecule has 0 saturated carbocycles. The molecule has 0 radical (unpaired) electrons. The Morgan fingerprint density at radius 3 is 2.26 bits per heavy atom. The number of nitrogens with two attached hydrogens (primary N) is 1. The summed E-state index contributed by atoms with van der Waals surface area (Å²) in [5.41, 5.74) is 8.19. The Morgan fingerprint density at radius 2 is 1.79 bits per heavy atom. The van der Waals surface area contributed by atoms with Crippen molar-refractivity contribution in [2.24, 2.45) is 5.73 Å². The normalized spacial score (nSPS) is 12.6. The topological polar surface area (TPSA) is 47.3 Å². The van der Waals surface area contributed by atoms with Crippen LogP contribution in [-0.4, -0.2) is 20.3 Å². The van der Waals surface area contributed by atoms with Crippen LogP contribution in [-0.2, 0) is 10.8 Å². The van der Waals surface area contributed by atoms with Crippen LogP contribution < -0.4 is 15.8 Å². The summed E-state index contributed by atoms with van der Waals surface area (Å²) in [4.78, 5) is 0. The quantitative estimate of drug-likeness (QED) is 0.804. The highest BCUT2D eigenvalue weighted by atomic mass is 16.5. The second kappa shape index (κ2) is 5.93. The summed E-state index contributed by atoms with van der Waals surface area (Å²) >= 11 is 0. The molecule has 0 heterocycles. The summed E-state index contributed by atoms with van der Waals surface area (Å²) < 4.78 is 5.49. The van der Waals surface area contributed by atoms with Crippen LogP contribution in [0.25, 0.3) is 0 Å². The maximum atomic E-state index is 5.53. The number of benzene rings is 1. The van der Waals surface area contributed by atoms with E-state index in [1.54, 1.807) is 7.11 Å². The van der Waals surface area contributed by atoms with Crippen molar-refractivity contribution >= 4 is 0 Å². The van der Waals surface area contributed by atoms with Gasteiger partial charge in [0.25, 0.3) is 0 Å². The van der Waals surface area contributed by atoms with Crippen LogP contribution in [0.1, 0.15) is 45.7 Å². The van der Waals surface area contributed by atoms with Crippen LogP contribution in [0.4, 0.5) is 0 Å². The summed E-state index contributed by atoms with van der Waals surface area (Å²) in [6.45, 7) is 12.4. The lowest BCUT2D eigenvalue weighted by Crippen LogP contribution is -2.36. The van der Waals surface area contributed by atoms with E-state index in [1.807, 2.05) is 0 Å². The van der Waals surface area contributed by atoms with E-state index in [-0.39, 0.29) is 10.8 Å². The third-order valence-corrected chi connectivity index (χ3v) is 3.50. The highest BCUT2D eigenvalue weighted by molar-refractivity contribution is 5.43. The van der Waals surface area contributed by atoms with Crippen LogP contribution in [0.5, 0.6) is 5.75 Å². The van der Waals surface area contributed by atoms with Gasteiger partial charge in [-0.25, -0.2) is 0 Å². The largest absolute Gasteiger partial charge is 0.496 e. The number of ether oxygens (including phenoxy) is 1. The minimum atomic E-state index is 0.0473. The van der Waals surface area contributed by atoms with Gasteiger partial charge in [-0.05, 0) is 22.6 Å². The SMILES string of the molecule is COc1ccc(C(C)(C)CNCN)cc1C(C)(C)C. The van der Waals surface area contributed by atoms with Crippen molar-refractivity contribution in [3.8, 4) is 5.75 Å². The molecule has 1 aromatic carbocycles. The van der Waals surface area contributed by atoms with Gasteiger partial charge in [-0.2, -0.15) is 0 Å². The molecule has 3 N–H and O–H groups in total. The van der Waals surface area contributed by atoms with E-state index in [0.717, 1.165) is 12.3 Å². The lowest BCUT2D eigenvalue weighted by molar-refractivity contribution is 0.395. The third kappa shape index (κ3) is 3.95. The van der Waals surface area contributed by atoms with Crippen molar-refractivity contribution in [1.29, 1.82) is 0 Å². The van der Waals surface area contributed by atoms with Crippen LogP contribution in [0.15, 0.2) is 18.2 Å². The lowest BCUT2D eigenvalue weighted by Gasteiger charge is -2.29. The fraction of sp³-hybridized carbons (Fsp3) is 0.625. The number of hydrogen-bond donors (Lipinski definition) is 2. The third-order valence-electron chi connectivity index (χ3n) is 3.50. The average Bonchev–Trinajstić information content (AvgIpc) is 2.34. The summed E-state index contributed by atoms with van der Waals surface area (Å²) in [5, 5.41) is 3.22. The Morgan fingerprint density at radius 1 is 1.16 bits per heavy atom. The predicted octanol–water partition coefficient (Wildman–Crippen LogP) is 2.78. The molecule has 1 aromatic rings. The van der Waals surface area contributed by atoms with Gasteiger partial charge in [0, 0.05) is 18.6 Å². The molecular formula is C16H28N2O. The Balaban J connectivity index is 3.18. The molecule has 0 atom stereocenters. The maximum absolute atomic E-state index is 5.53. The molecule has 0 aromatic heterocycles. The van der Waals surface area contributed by atoms with Crippen molar-refractivity contribution in [1.82, 2.24) is 5.32 Å². The van der Waals surface area contributed by atoms with Gasteiger partial charge in [-0.15, -0.1) is 0 Å². The van der Waals surface area contributed by atoms with Gasteiger partial charge in [-0.1, -0.05) is 46.8 Å². The van der Waals surface area contributed by atoms with E-state index in [4.69, 9.17) is 10.5 Å². The van der Waals surface area contributed by atoms with Crippen molar-refractivity contribution in [3.63, 3.8) is 0 Å². The van der Waals surface area contributed by atoms with Gasteiger partial charge >= 0.3 is 0 Å². The smallest absolute Gasteiger partial charge is 0.122 e. The number of rotatable bonds is 5. The van der Waals surface area contributed by atoms with Gasteiger partial charge in [0.05, 0.1) is 7.11 Å². The van der Waals surface area contributed by atoms with Crippen LogP contribution in [0, 0.1) is 0 Å². The monoisotopic (exact) mass is 264 g/mol. The zero-order valence-electron chi connectivity index (χ0n) is 13.1. The van der Waals surface area contributed by atoms with E-state index in [1.165, 1.54) is 11.1 Å². The molecule has 108 valence electrons. The lowest BCUT2D eigenvalue weighted by atomic mass is 9.79. The summed E-state index contributed by atoms with van der Waals surface area (Å²) in [7, 11) is 1.73. The number of nitrogens with one attached hydrogen (secondary N) is 1. The average molecular weight is 264 g/mol. The summed E-state index contributed by atoms with van der Waals surface area (Å²) in [6, 6.07) is 6.48. The Hall–Kier alpha value is -1.06. The van der Waals surface area contributed by atoms with Gasteiger partial charge < -0.3 is 15.8 Å². The summed E-state index contributed by atoms with van der Waals surface area (Å²) in [5.74, 6) is 0.957. The molecule has 1 rings (SSSR count). The Bertz CT molecular complexity index is 419. The molecule has 0 aliphatic carbocycles. The van der Waals surface area contributed by atoms with Gasteiger partial charge in [0.15, 0.2) is 0 Å². The maximum Gasteiger partial charge on any atom is 0.122 e. The molecule has 0 aliphatic rings. The fourth-order valence-electron chi connectivity index (χ4n) is 2.20. The number of hydrogen-bond acceptors (Lipinski definition) is 3. The molecular weight excluding hydrogens is 236 g/mol. The molecule has 0 amide bonds. The second-order valence-corrected chi connectivity index (χ2v) is 6.68. The van der Waals surface area contributed by atoms with E-state index < -0.39 is 0 Å². The number of methoxy groups -OCH3 is 1. The van der Waals surface area contributed by atoms with E-state index >= 15 is 0 Å². The highest BCUT2D eigenvalue weighted by Crippen LogP contribution is 2.35. The van der Waals surface area contributed by atoms with Gasteiger partial charge in [0.1, 0.15) is 5.75 Å². The van der Waals surface area contributed by atoms with Crippen molar-refractivity contribution < 1.29 is 4.74 Å². The molecule has 0 bridgehead atoms. The molecule has 0 aliphatic heterocycles. The van der Waals surface area contributed by atoms with Crippen molar-refractivity contribution in [2.45, 2.75) is 45.4 Å². The molecule has 0 fully saturated rings. The highest BCUT2D eigenvalue weighted by Gasteiger charge is 2.25. The van der Waals surface area contributed by atoms with E-state index in [2.05, 4.69) is 58.1 Å². The molecule has 0 saturated heterocycles. The Kier molecular flexibility index (Phi) is 4.99. The zero-order valence-corrected chi connectivity index (χ0v) is 13.1. The standard InChI is InChI=1S/C16H28N2O/c1-15(2,3)13-9-12(7-8-14(13)19-6)16(4,5)10-18-11-17/h7-9,18H,10-11,17H2,1-6H3. The van der Waals surface area contributed by atoms with Gasteiger partial charge in [0.2, 0.25) is 0 Å². The first-order valence-corrected chi connectivity index (χ1v) is 6.82. The first kappa shape index (κ1) is 16.0. The molecule has 0 spiro atoms. The second-order valence-electron chi connectivity index (χ2n) is 6.68. The predicted molar refractivity (Wildman–Crippen MR) is 81.8 cm³/mol.